The molecule has 5 rings (SSSR count). The molecule has 0 amide bonds. The van der Waals surface area contributed by atoms with E-state index in [2.05, 4.69) is 98.8 Å². The summed E-state index contributed by atoms with van der Waals surface area (Å²) in [7, 11) is 2.18. The smallest absolute Gasteiger partial charge is 0.135 e. The molecule has 0 fully saturated rings. The van der Waals surface area contributed by atoms with Gasteiger partial charge in [0, 0.05) is 20.2 Å². The van der Waals surface area contributed by atoms with Gasteiger partial charge in [0.1, 0.15) is 7.85 Å². The van der Waals surface area contributed by atoms with Crippen LogP contribution in [0.5, 0.6) is 0 Å². The fourth-order valence-corrected chi connectivity index (χ4v) is 4.95. The van der Waals surface area contributed by atoms with Gasteiger partial charge >= 0.3 is 0 Å². The number of thiophene rings is 1. The molecule has 122 valence electrons. The van der Waals surface area contributed by atoms with Gasteiger partial charge in [0.25, 0.3) is 0 Å². The van der Waals surface area contributed by atoms with Gasteiger partial charge < -0.3 is 0 Å². The quantitative estimate of drug-likeness (QED) is 0.362. The monoisotopic (exact) mass is 348 g/mol. The lowest BCUT2D eigenvalue weighted by Gasteiger charge is -2.09. The first-order valence-corrected chi connectivity index (χ1v) is 9.69. The first-order valence-electron chi connectivity index (χ1n) is 8.87. The Morgan fingerprint density at radius 3 is 2.19 bits per heavy atom. The van der Waals surface area contributed by atoms with Crippen molar-refractivity contribution >= 4 is 44.8 Å². The third-order valence-corrected chi connectivity index (χ3v) is 6.12. The Morgan fingerprint density at radius 2 is 1.31 bits per heavy atom. The first-order chi connectivity index (χ1) is 12.8. The summed E-state index contributed by atoms with van der Waals surface area (Å²) in [4.78, 5) is 0. The molecule has 5 aromatic rings. The zero-order valence-electron chi connectivity index (χ0n) is 14.6. The van der Waals surface area contributed by atoms with Crippen molar-refractivity contribution in [1.29, 1.82) is 0 Å². The van der Waals surface area contributed by atoms with Crippen molar-refractivity contribution in [1.82, 2.24) is 0 Å². The normalized spacial score (nSPS) is 11.2. The van der Waals surface area contributed by atoms with Gasteiger partial charge in [-0.3, -0.25) is 0 Å². The van der Waals surface area contributed by atoms with Crippen LogP contribution in [0.4, 0.5) is 0 Å². The fourth-order valence-electron chi connectivity index (χ4n) is 3.71. The van der Waals surface area contributed by atoms with Crippen molar-refractivity contribution in [3.8, 4) is 22.3 Å². The maximum Gasteiger partial charge on any atom is 0.139 e. The van der Waals surface area contributed by atoms with Gasteiger partial charge in [-0.2, -0.15) is 0 Å². The highest BCUT2D eigenvalue weighted by Crippen LogP contribution is 2.40. The van der Waals surface area contributed by atoms with Gasteiger partial charge in [-0.15, -0.1) is 11.3 Å². The Hall–Kier alpha value is -2.84. The third-order valence-electron chi connectivity index (χ3n) is 4.90. The van der Waals surface area contributed by atoms with Crippen molar-refractivity contribution < 1.29 is 0 Å². The third kappa shape index (κ3) is 2.54. The van der Waals surface area contributed by atoms with Crippen LogP contribution >= 0.6 is 11.3 Å². The van der Waals surface area contributed by atoms with Gasteiger partial charge in [0.05, 0.1) is 0 Å². The molecule has 26 heavy (non-hydrogen) atoms. The predicted molar refractivity (Wildman–Crippen MR) is 118 cm³/mol. The lowest BCUT2D eigenvalue weighted by atomic mass is 9.88. The van der Waals surface area contributed by atoms with Crippen LogP contribution in [0.15, 0.2) is 91.0 Å². The minimum atomic E-state index is 1.26. The molecule has 0 spiro atoms. The van der Waals surface area contributed by atoms with E-state index < -0.39 is 0 Å². The van der Waals surface area contributed by atoms with Crippen molar-refractivity contribution in [2.24, 2.45) is 0 Å². The van der Waals surface area contributed by atoms with E-state index in [4.69, 9.17) is 0 Å². The summed E-state index contributed by atoms with van der Waals surface area (Å²) in [5.74, 6) is 0. The molecule has 1 heterocycles. The lowest BCUT2D eigenvalue weighted by Crippen LogP contribution is -2.02. The molecule has 1 aromatic heterocycles. The number of benzene rings is 4. The van der Waals surface area contributed by atoms with E-state index >= 15 is 0 Å². The van der Waals surface area contributed by atoms with Crippen LogP contribution in [0.3, 0.4) is 0 Å². The predicted octanol–water partition coefficient (Wildman–Crippen LogP) is 5.65. The Labute approximate surface area is 158 Å². The first kappa shape index (κ1) is 15.4. The summed E-state index contributed by atoms with van der Waals surface area (Å²) in [6.07, 6.45) is 0. The van der Waals surface area contributed by atoms with E-state index in [-0.39, 0.29) is 0 Å². The molecular formula is C24H17BS. The summed E-state index contributed by atoms with van der Waals surface area (Å²) in [5.41, 5.74) is 6.45. The molecule has 0 bridgehead atoms. The second-order valence-corrected chi connectivity index (χ2v) is 7.79. The molecule has 0 radical (unpaired) electrons. The van der Waals surface area contributed by atoms with Crippen LogP contribution in [0.1, 0.15) is 0 Å². The Morgan fingerprint density at radius 1 is 0.577 bits per heavy atom. The molecule has 0 nitrogen and oxygen atoms in total. The maximum atomic E-state index is 2.32. The zero-order valence-corrected chi connectivity index (χ0v) is 15.4. The largest absolute Gasteiger partial charge is 0.139 e. The van der Waals surface area contributed by atoms with Gasteiger partial charge in [-0.25, -0.2) is 0 Å². The molecule has 0 atom stereocenters. The van der Waals surface area contributed by atoms with Gasteiger partial charge in [-0.1, -0.05) is 84.3 Å². The van der Waals surface area contributed by atoms with Crippen molar-refractivity contribution in [2.75, 3.05) is 0 Å². The molecule has 0 N–H and O–H groups in total. The minimum absolute atomic E-state index is 1.26. The standard InChI is InChI=1S/C24H17BS/c25-19-14-17(16-7-2-1-3-8-16)13-18(15-19)20-10-6-11-22-21-9-4-5-12-23(21)26-24(20)22/h1-15H,25H2. The lowest BCUT2D eigenvalue weighted by molar-refractivity contribution is 1.63. The molecule has 0 saturated carbocycles. The Balaban J connectivity index is 1.77. The SMILES string of the molecule is Bc1cc(-c2ccccc2)cc(-c2cccc3c2sc2ccccc23)c1. The Bertz CT molecular complexity index is 1240. The van der Waals surface area contributed by atoms with E-state index in [9.17, 15) is 0 Å². The van der Waals surface area contributed by atoms with Crippen LogP contribution < -0.4 is 5.46 Å². The highest BCUT2D eigenvalue weighted by Gasteiger charge is 2.11. The minimum Gasteiger partial charge on any atom is -0.135 e. The average Bonchev–Trinajstić information content (AvgIpc) is 3.07. The molecule has 2 heteroatoms. The molecule has 0 aliphatic carbocycles. The van der Waals surface area contributed by atoms with Crippen LogP contribution in [-0.2, 0) is 0 Å². The van der Waals surface area contributed by atoms with E-state index in [1.165, 1.54) is 47.9 Å². The van der Waals surface area contributed by atoms with Crippen molar-refractivity contribution in [3.63, 3.8) is 0 Å². The highest BCUT2D eigenvalue weighted by atomic mass is 32.1. The Kier molecular flexibility index (Phi) is 3.65. The summed E-state index contributed by atoms with van der Waals surface area (Å²) >= 11 is 1.89. The summed E-state index contributed by atoms with van der Waals surface area (Å²) < 4.78 is 2.73. The number of hydrogen-bond donors (Lipinski definition) is 0. The van der Waals surface area contributed by atoms with Gasteiger partial charge in [-0.05, 0) is 34.4 Å². The summed E-state index contributed by atoms with van der Waals surface area (Å²) in [5, 5.41) is 2.70. The zero-order chi connectivity index (χ0) is 17.5. The van der Waals surface area contributed by atoms with E-state index in [0.717, 1.165) is 0 Å². The topological polar surface area (TPSA) is 0 Å². The van der Waals surface area contributed by atoms with Crippen LogP contribution in [0.25, 0.3) is 42.4 Å². The van der Waals surface area contributed by atoms with Gasteiger partial charge in [0.15, 0.2) is 0 Å². The number of rotatable bonds is 2. The van der Waals surface area contributed by atoms with Crippen LogP contribution in [0, 0.1) is 0 Å². The van der Waals surface area contributed by atoms with Crippen molar-refractivity contribution in [3.05, 3.63) is 91.0 Å². The molecule has 0 unspecified atom stereocenters. The maximum absolute atomic E-state index is 2.32. The highest BCUT2D eigenvalue weighted by molar-refractivity contribution is 7.26. The fraction of sp³-hybridized carbons (Fsp3) is 0. The molecule has 0 aliphatic rings. The van der Waals surface area contributed by atoms with Crippen LogP contribution in [0.2, 0.25) is 0 Å². The van der Waals surface area contributed by atoms with Gasteiger partial charge in [0.2, 0.25) is 0 Å². The summed E-state index contributed by atoms with van der Waals surface area (Å²) in [6.45, 7) is 0. The summed E-state index contributed by atoms with van der Waals surface area (Å²) in [6, 6.07) is 32.9. The molecule has 4 aromatic carbocycles. The number of fused-ring (bicyclic) bond motifs is 3. The average molecular weight is 348 g/mol. The molecular weight excluding hydrogens is 331 g/mol. The van der Waals surface area contributed by atoms with Crippen molar-refractivity contribution in [2.45, 2.75) is 0 Å². The van der Waals surface area contributed by atoms with E-state index in [0.29, 0.717) is 0 Å². The van der Waals surface area contributed by atoms with E-state index in [1.807, 2.05) is 11.3 Å². The van der Waals surface area contributed by atoms with E-state index in [1.54, 1.807) is 0 Å². The molecule has 0 aliphatic heterocycles. The second kappa shape index (κ2) is 6.15. The van der Waals surface area contributed by atoms with Crippen LogP contribution in [-0.4, -0.2) is 7.85 Å². The second-order valence-electron chi connectivity index (χ2n) is 6.73. The number of hydrogen-bond acceptors (Lipinski definition) is 1. The molecule has 0 saturated heterocycles.